The molecular formula is C27H28N4O3S. The zero-order valence-electron chi connectivity index (χ0n) is 20.0. The van der Waals surface area contributed by atoms with Crippen LogP contribution in [0.2, 0.25) is 0 Å². The van der Waals surface area contributed by atoms with Crippen LogP contribution < -0.4 is 14.8 Å². The van der Waals surface area contributed by atoms with Crippen molar-refractivity contribution < 1.29 is 14.3 Å². The van der Waals surface area contributed by atoms with E-state index in [0.717, 1.165) is 17.8 Å². The Morgan fingerprint density at radius 2 is 1.66 bits per heavy atom. The van der Waals surface area contributed by atoms with Crippen LogP contribution in [0.1, 0.15) is 31.3 Å². The quantitative estimate of drug-likeness (QED) is 0.288. The van der Waals surface area contributed by atoms with E-state index in [9.17, 15) is 4.79 Å². The summed E-state index contributed by atoms with van der Waals surface area (Å²) in [6.45, 7) is 4.01. The van der Waals surface area contributed by atoms with E-state index < -0.39 is 6.10 Å². The van der Waals surface area contributed by atoms with Crippen LogP contribution in [0.5, 0.6) is 11.5 Å². The number of anilines is 1. The second-order valence-corrected chi connectivity index (χ2v) is 8.75. The lowest BCUT2D eigenvalue weighted by molar-refractivity contribution is -0.113. The Hall–Kier alpha value is -3.78. The number of carbonyl (C=O) groups is 1. The molecule has 0 aliphatic rings. The van der Waals surface area contributed by atoms with Gasteiger partial charge >= 0.3 is 0 Å². The fraction of sp³-hybridized carbons (Fsp3) is 0.222. The molecule has 1 aromatic heterocycles. The van der Waals surface area contributed by atoms with Gasteiger partial charge in [0.1, 0.15) is 0 Å². The molecule has 0 bridgehead atoms. The fourth-order valence-electron chi connectivity index (χ4n) is 3.57. The Morgan fingerprint density at radius 1 is 0.971 bits per heavy atom. The lowest BCUT2D eigenvalue weighted by Crippen LogP contribution is -2.15. The third-order valence-corrected chi connectivity index (χ3v) is 6.32. The van der Waals surface area contributed by atoms with Crippen LogP contribution in [-0.2, 0) is 11.2 Å². The highest BCUT2D eigenvalue weighted by molar-refractivity contribution is 7.99. The normalized spacial score (nSPS) is 11.6. The number of nitrogens with zero attached hydrogens (tertiary/aromatic N) is 3. The number of benzene rings is 3. The SMILES string of the molecule is CCc1ccc(NC(=O)CSc2nnc(C(C)Oc3ccccc3OC)n2-c2ccccc2)cc1. The average Bonchev–Trinajstić information content (AvgIpc) is 3.33. The van der Waals surface area contributed by atoms with Gasteiger partial charge in [-0.1, -0.05) is 61.2 Å². The summed E-state index contributed by atoms with van der Waals surface area (Å²) in [6, 6.07) is 25.2. The van der Waals surface area contributed by atoms with E-state index in [-0.39, 0.29) is 11.7 Å². The van der Waals surface area contributed by atoms with Gasteiger partial charge in [-0.25, -0.2) is 0 Å². The predicted molar refractivity (Wildman–Crippen MR) is 139 cm³/mol. The Balaban J connectivity index is 1.53. The summed E-state index contributed by atoms with van der Waals surface area (Å²) >= 11 is 1.33. The van der Waals surface area contributed by atoms with Crippen LogP contribution in [0.4, 0.5) is 5.69 Å². The summed E-state index contributed by atoms with van der Waals surface area (Å²) in [5, 5.41) is 12.4. The zero-order valence-corrected chi connectivity index (χ0v) is 20.8. The number of thioether (sulfide) groups is 1. The van der Waals surface area contributed by atoms with E-state index in [1.165, 1.54) is 17.3 Å². The summed E-state index contributed by atoms with van der Waals surface area (Å²) < 4.78 is 13.5. The molecule has 180 valence electrons. The predicted octanol–water partition coefficient (Wildman–Crippen LogP) is 5.71. The van der Waals surface area contributed by atoms with Gasteiger partial charge in [-0.2, -0.15) is 0 Å². The standard InChI is InChI=1S/C27H28N4O3S/c1-4-20-14-16-21(17-15-20)28-25(32)18-35-27-30-29-26(31(27)22-10-6-5-7-11-22)19(2)34-24-13-9-8-12-23(24)33-3/h5-17,19H,4,18H2,1-3H3,(H,28,32). The minimum Gasteiger partial charge on any atom is -0.493 e. The van der Waals surface area contributed by atoms with Crippen molar-refractivity contribution in [1.82, 2.24) is 14.8 Å². The second-order valence-electron chi connectivity index (χ2n) is 7.81. The van der Waals surface area contributed by atoms with Crippen molar-refractivity contribution in [1.29, 1.82) is 0 Å². The van der Waals surface area contributed by atoms with Gasteiger partial charge in [-0.05, 0) is 55.3 Å². The second kappa shape index (κ2) is 11.6. The topological polar surface area (TPSA) is 78.3 Å². The average molecular weight is 489 g/mol. The summed E-state index contributed by atoms with van der Waals surface area (Å²) in [5.41, 5.74) is 2.89. The molecule has 8 heteroatoms. The monoisotopic (exact) mass is 488 g/mol. The van der Waals surface area contributed by atoms with Gasteiger partial charge < -0.3 is 14.8 Å². The number of methoxy groups -OCH3 is 1. The van der Waals surface area contributed by atoms with Crippen LogP contribution in [-0.4, -0.2) is 33.5 Å². The van der Waals surface area contributed by atoms with Gasteiger partial charge in [-0.15, -0.1) is 10.2 Å². The number of para-hydroxylation sites is 3. The molecule has 0 spiro atoms. The molecule has 0 radical (unpaired) electrons. The van der Waals surface area contributed by atoms with Crippen molar-refractivity contribution in [2.45, 2.75) is 31.5 Å². The molecule has 0 saturated heterocycles. The molecule has 1 heterocycles. The number of aromatic nitrogens is 3. The third kappa shape index (κ3) is 6.02. The van der Waals surface area contributed by atoms with Crippen LogP contribution in [0, 0.1) is 0 Å². The number of hydrogen-bond donors (Lipinski definition) is 1. The maximum Gasteiger partial charge on any atom is 0.234 e. The molecule has 7 nitrogen and oxygen atoms in total. The van der Waals surface area contributed by atoms with E-state index in [1.807, 2.05) is 90.4 Å². The molecule has 4 aromatic rings. The number of ether oxygens (including phenoxy) is 2. The summed E-state index contributed by atoms with van der Waals surface area (Å²) in [5.74, 6) is 1.97. The Labute approximate surface area is 209 Å². The maximum absolute atomic E-state index is 12.6. The summed E-state index contributed by atoms with van der Waals surface area (Å²) in [4.78, 5) is 12.6. The molecule has 1 unspecified atom stereocenters. The van der Waals surface area contributed by atoms with Crippen LogP contribution in [0.25, 0.3) is 5.69 Å². The van der Waals surface area contributed by atoms with Crippen molar-refractivity contribution in [3.8, 4) is 17.2 Å². The van der Waals surface area contributed by atoms with Crippen molar-refractivity contribution in [3.63, 3.8) is 0 Å². The smallest absolute Gasteiger partial charge is 0.234 e. The lowest BCUT2D eigenvalue weighted by atomic mass is 10.1. The molecule has 3 aromatic carbocycles. The Kier molecular flexibility index (Phi) is 8.05. The zero-order chi connectivity index (χ0) is 24.6. The van der Waals surface area contributed by atoms with Crippen LogP contribution >= 0.6 is 11.8 Å². The van der Waals surface area contributed by atoms with Gasteiger partial charge in [0.25, 0.3) is 0 Å². The van der Waals surface area contributed by atoms with Gasteiger partial charge in [0.05, 0.1) is 12.9 Å². The first-order valence-corrected chi connectivity index (χ1v) is 12.4. The van der Waals surface area contributed by atoms with E-state index in [0.29, 0.717) is 22.5 Å². The highest BCUT2D eigenvalue weighted by atomic mass is 32.2. The van der Waals surface area contributed by atoms with Crippen molar-refractivity contribution in [2.75, 3.05) is 18.2 Å². The maximum atomic E-state index is 12.6. The van der Waals surface area contributed by atoms with Crippen molar-refractivity contribution >= 4 is 23.4 Å². The summed E-state index contributed by atoms with van der Waals surface area (Å²) in [7, 11) is 1.61. The molecule has 0 saturated carbocycles. The molecule has 0 fully saturated rings. The molecule has 35 heavy (non-hydrogen) atoms. The lowest BCUT2D eigenvalue weighted by Gasteiger charge is -2.18. The van der Waals surface area contributed by atoms with Crippen LogP contribution in [0.3, 0.4) is 0 Å². The largest absolute Gasteiger partial charge is 0.493 e. The van der Waals surface area contributed by atoms with Crippen LogP contribution in [0.15, 0.2) is 84.0 Å². The summed E-state index contributed by atoms with van der Waals surface area (Å²) in [6.07, 6.45) is 0.542. The Morgan fingerprint density at radius 3 is 2.34 bits per heavy atom. The molecule has 0 aliphatic carbocycles. The number of hydrogen-bond acceptors (Lipinski definition) is 6. The number of carbonyl (C=O) groups excluding carboxylic acids is 1. The molecule has 1 atom stereocenters. The van der Waals surface area contributed by atoms with Gasteiger partial charge in [0.2, 0.25) is 5.91 Å². The highest BCUT2D eigenvalue weighted by Gasteiger charge is 2.22. The van der Waals surface area contributed by atoms with Crippen molar-refractivity contribution in [2.24, 2.45) is 0 Å². The number of aryl methyl sites for hydroxylation is 1. The first-order chi connectivity index (χ1) is 17.1. The molecule has 0 aliphatic heterocycles. The van der Waals surface area contributed by atoms with Gasteiger partial charge in [0.15, 0.2) is 28.6 Å². The van der Waals surface area contributed by atoms with Crippen molar-refractivity contribution in [3.05, 3.63) is 90.3 Å². The van der Waals surface area contributed by atoms with Gasteiger partial charge in [0, 0.05) is 11.4 Å². The molecular weight excluding hydrogens is 460 g/mol. The first kappa shape index (κ1) is 24.3. The van der Waals surface area contributed by atoms with E-state index in [2.05, 4.69) is 22.4 Å². The van der Waals surface area contributed by atoms with E-state index in [4.69, 9.17) is 9.47 Å². The molecule has 1 N–H and O–H groups in total. The minimum atomic E-state index is -0.417. The Bertz CT molecular complexity index is 1260. The van der Waals surface area contributed by atoms with E-state index >= 15 is 0 Å². The molecule has 1 amide bonds. The molecule has 4 rings (SSSR count). The van der Waals surface area contributed by atoms with E-state index in [1.54, 1.807) is 7.11 Å². The highest BCUT2D eigenvalue weighted by Crippen LogP contribution is 2.32. The first-order valence-electron chi connectivity index (χ1n) is 11.4. The number of rotatable bonds is 10. The number of amides is 1. The van der Waals surface area contributed by atoms with Gasteiger partial charge in [-0.3, -0.25) is 9.36 Å². The fourth-order valence-corrected chi connectivity index (χ4v) is 4.33. The third-order valence-electron chi connectivity index (χ3n) is 5.39. The number of nitrogens with one attached hydrogen (secondary N) is 1. The minimum absolute atomic E-state index is 0.110.